The average molecular weight is 356 g/mol. The molecule has 0 aliphatic carbocycles. The molecular weight excluding hydrogens is 334 g/mol. The predicted molar refractivity (Wildman–Crippen MR) is 89.6 cm³/mol. The fourth-order valence-corrected chi connectivity index (χ4v) is 4.00. The molecular formula is C15H22BrN3S. The van der Waals surface area contributed by atoms with Gasteiger partial charge in [-0.05, 0) is 54.9 Å². The molecule has 20 heavy (non-hydrogen) atoms. The molecule has 2 rings (SSSR count). The van der Waals surface area contributed by atoms with Gasteiger partial charge in [0.05, 0.1) is 15.9 Å². The smallest absolute Gasteiger partial charge is 0.0738 e. The third-order valence-electron chi connectivity index (χ3n) is 3.64. The van der Waals surface area contributed by atoms with Crippen LogP contribution in [0.1, 0.15) is 39.7 Å². The zero-order valence-electron chi connectivity index (χ0n) is 12.7. The van der Waals surface area contributed by atoms with Gasteiger partial charge in [-0.1, -0.05) is 6.92 Å². The summed E-state index contributed by atoms with van der Waals surface area (Å²) >= 11 is 5.56. The van der Waals surface area contributed by atoms with E-state index in [1.165, 1.54) is 21.0 Å². The maximum absolute atomic E-state index is 4.49. The van der Waals surface area contributed by atoms with Crippen molar-refractivity contribution in [2.75, 3.05) is 6.54 Å². The van der Waals surface area contributed by atoms with E-state index in [1.807, 2.05) is 30.0 Å². The van der Waals surface area contributed by atoms with E-state index in [0.717, 1.165) is 23.1 Å². The van der Waals surface area contributed by atoms with Crippen molar-refractivity contribution < 1.29 is 0 Å². The van der Waals surface area contributed by atoms with Crippen molar-refractivity contribution >= 4 is 27.3 Å². The Kier molecular flexibility index (Phi) is 5.04. The van der Waals surface area contributed by atoms with Crippen LogP contribution in [-0.4, -0.2) is 16.3 Å². The fourth-order valence-electron chi connectivity index (χ4n) is 2.39. The van der Waals surface area contributed by atoms with Gasteiger partial charge in [-0.25, -0.2) is 0 Å². The van der Waals surface area contributed by atoms with E-state index in [2.05, 4.69) is 53.2 Å². The number of aromatic nitrogens is 2. The summed E-state index contributed by atoms with van der Waals surface area (Å²) < 4.78 is 3.12. The second-order valence-electron chi connectivity index (χ2n) is 5.17. The summed E-state index contributed by atoms with van der Waals surface area (Å²) in [7, 11) is 2.01. The van der Waals surface area contributed by atoms with Crippen LogP contribution in [0.15, 0.2) is 10.5 Å². The van der Waals surface area contributed by atoms with Gasteiger partial charge in [0, 0.05) is 29.3 Å². The largest absolute Gasteiger partial charge is 0.309 e. The Balaban J connectivity index is 2.30. The number of likely N-dealkylation sites (N-methyl/N-ethyl adjacent to an activating group) is 1. The zero-order valence-corrected chi connectivity index (χ0v) is 15.2. The molecule has 110 valence electrons. The number of nitrogens with one attached hydrogen (secondary N) is 1. The SMILES string of the molecule is CCNC(Cc1c(Br)c(C)nn1C)c1cc(C)c(C)s1. The molecule has 1 atom stereocenters. The second-order valence-corrected chi connectivity index (χ2v) is 7.25. The third kappa shape index (κ3) is 3.15. The highest BCUT2D eigenvalue weighted by Gasteiger charge is 2.19. The lowest BCUT2D eigenvalue weighted by molar-refractivity contribution is 0.535. The Labute approximate surface area is 133 Å². The van der Waals surface area contributed by atoms with Gasteiger partial charge in [0.2, 0.25) is 0 Å². The van der Waals surface area contributed by atoms with E-state index >= 15 is 0 Å². The van der Waals surface area contributed by atoms with Crippen LogP contribution in [0.25, 0.3) is 0 Å². The van der Waals surface area contributed by atoms with Gasteiger partial charge in [-0.15, -0.1) is 11.3 Å². The summed E-state index contributed by atoms with van der Waals surface area (Å²) in [6, 6.07) is 2.66. The number of nitrogens with zero attached hydrogens (tertiary/aromatic N) is 2. The van der Waals surface area contributed by atoms with Crippen LogP contribution < -0.4 is 5.32 Å². The first kappa shape index (κ1) is 15.7. The van der Waals surface area contributed by atoms with Crippen molar-refractivity contribution in [2.24, 2.45) is 7.05 Å². The molecule has 0 bridgehead atoms. The molecule has 2 aromatic heterocycles. The quantitative estimate of drug-likeness (QED) is 0.876. The second kappa shape index (κ2) is 6.41. The highest BCUT2D eigenvalue weighted by Crippen LogP contribution is 2.31. The predicted octanol–water partition coefficient (Wildman–Crippen LogP) is 4.06. The number of aryl methyl sites for hydroxylation is 4. The molecule has 0 radical (unpaired) electrons. The number of rotatable bonds is 5. The highest BCUT2D eigenvalue weighted by atomic mass is 79.9. The standard InChI is InChI=1S/C15H22BrN3S/c1-6-17-12(14-7-9(2)11(4)20-14)8-13-15(16)10(3)18-19(13)5/h7,12,17H,6,8H2,1-5H3. The first-order valence-corrected chi connectivity index (χ1v) is 8.53. The minimum absolute atomic E-state index is 0.350. The van der Waals surface area contributed by atoms with Gasteiger partial charge in [-0.3, -0.25) is 4.68 Å². The Morgan fingerprint density at radius 2 is 2.10 bits per heavy atom. The van der Waals surface area contributed by atoms with Gasteiger partial charge in [-0.2, -0.15) is 5.10 Å². The lowest BCUT2D eigenvalue weighted by Gasteiger charge is -2.17. The van der Waals surface area contributed by atoms with E-state index in [-0.39, 0.29) is 0 Å². The molecule has 0 saturated carbocycles. The molecule has 3 nitrogen and oxygen atoms in total. The zero-order chi connectivity index (χ0) is 14.9. The van der Waals surface area contributed by atoms with Crippen LogP contribution in [0.5, 0.6) is 0 Å². The Morgan fingerprint density at radius 1 is 1.40 bits per heavy atom. The van der Waals surface area contributed by atoms with Crippen molar-refractivity contribution in [3.63, 3.8) is 0 Å². The van der Waals surface area contributed by atoms with Crippen LogP contribution in [0, 0.1) is 20.8 Å². The summed E-state index contributed by atoms with van der Waals surface area (Å²) in [5.74, 6) is 0. The number of hydrogen-bond donors (Lipinski definition) is 1. The van der Waals surface area contributed by atoms with Crippen LogP contribution >= 0.6 is 27.3 Å². The van der Waals surface area contributed by atoms with Crippen LogP contribution in [0.3, 0.4) is 0 Å². The minimum atomic E-state index is 0.350. The van der Waals surface area contributed by atoms with Crippen LogP contribution in [0.4, 0.5) is 0 Å². The van der Waals surface area contributed by atoms with Crippen molar-refractivity contribution in [2.45, 2.75) is 40.2 Å². The van der Waals surface area contributed by atoms with Gasteiger partial charge >= 0.3 is 0 Å². The monoisotopic (exact) mass is 355 g/mol. The van der Waals surface area contributed by atoms with E-state index in [0.29, 0.717) is 6.04 Å². The van der Waals surface area contributed by atoms with Crippen molar-refractivity contribution in [3.8, 4) is 0 Å². The molecule has 2 heterocycles. The van der Waals surface area contributed by atoms with E-state index < -0.39 is 0 Å². The summed E-state index contributed by atoms with van der Waals surface area (Å²) in [6.07, 6.45) is 0.950. The van der Waals surface area contributed by atoms with E-state index in [1.54, 1.807) is 0 Å². The minimum Gasteiger partial charge on any atom is -0.309 e. The molecule has 0 fully saturated rings. The maximum Gasteiger partial charge on any atom is 0.0738 e. The number of thiophene rings is 1. The summed E-state index contributed by atoms with van der Waals surface area (Å²) in [5.41, 5.74) is 3.68. The topological polar surface area (TPSA) is 29.9 Å². The molecule has 1 unspecified atom stereocenters. The van der Waals surface area contributed by atoms with Gasteiger partial charge in [0.15, 0.2) is 0 Å². The van der Waals surface area contributed by atoms with Gasteiger partial charge in [0.25, 0.3) is 0 Å². The lowest BCUT2D eigenvalue weighted by Crippen LogP contribution is -2.23. The summed E-state index contributed by atoms with van der Waals surface area (Å²) in [4.78, 5) is 2.82. The average Bonchev–Trinajstić information content (AvgIpc) is 2.83. The summed E-state index contributed by atoms with van der Waals surface area (Å²) in [6.45, 7) is 9.54. The Hall–Kier alpha value is -0.650. The Morgan fingerprint density at radius 3 is 2.55 bits per heavy atom. The molecule has 0 spiro atoms. The molecule has 0 aromatic carbocycles. The first-order valence-electron chi connectivity index (χ1n) is 6.92. The van der Waals surface area contributed by atoms with Gasteiger partial charge < -0.3 is 5.32 Å². The van der Waals surface area contributed by atoms with Crippen LogP contribution in [-0.2, 0) is 13.5 Å². The molecule has 5 heteroatoms. The fraction of sp³-hybridized carbons (Fsp3) is 0.533. The van der Waals surface area contributed by atoms with Crippen molar-refractivity contribution in [3.05, 3.63) is 37.2 Å². The molecule has 0 aliphatic rings. The number of halogens is 1. The third-order valence-corrected chi connectivity index (χ3v) is 5.94. The van der Waals surface area contributed by atoms with Crippen molar-refractivity contribution in [1.82, 2.24) is 15.1 Å². The normalized spacial score (nSPS) is 12.9. The summed E-state index contributed by atoms with van der Waals surface area (Å²) in [5, 5.41) is 8.09. The van der Waals surface area contributed by atoms with Crippen LogP contribution in [0.2, 0.25) is 0 Å². The van der Waals surface area contributed by atoms with E-state index in [9.17, 15) is 0 Å². The molecule has 0 amide bonds. The molecule has 0 saturated heterocycles. The van der Waals surface area contributed by atoms with Gasteiger partial charge in [0.1, 0.15) is 0 Å². The lowest BCUT2D eigenvalue weighted by atomic mass is 10.1. The maximum atomic E-state index is 4.49. The molecule has 0 aliphatic heterocycles. The Bertz CT molecular complexity index is 581. The molecule has 1 N–H and O–H groups in total. The highest BCUT2D eigenvalue weighted by molar-refractivity contribution is 9.10. The number of hydrogen-bond acceptors (Lipinski definition) is 3. The van der Waals surface area contributed by atoms with E-state index in [4.69, 9.17) is 0 Å². The van der Waals surface area contributed by atoms with Crippen molar-refractivity contribution in [1.29, 1.82) is 0 Å². The first-order chi connectivity index (χ1) is 9.43. The molecule has 2 aromatic rings.